The van der Waals surface area contributed by atoms with E-state index in [4.69, 9.17) is 5.73 Å². The summed E-state index contributed by atoms with van der Waals surface area (Å²) in [5.74, 6) is 2.09. The molecule has 4 nitrogen and oxygen atoms in total. The summed E-state index contributed by atoms with van der Waals surface area (Å²) in [7, 11) is 0. The van der Waals surface area contributed by atoms with Crippen molar-refractivity contribution in [3.8, 4) is 0 Å². The van der Waals surface area contributed by atoms with E-state index in [2.05, 4.69) is 17.6 Å². The summed E-state index contributed by atoms with van der Waals surface area (Å²) in [6.45, 7) is 4.93. The number of hydrogen-bond acceptors (Lipinski definition) is 4. The molecule has 19 heavy (non-hydrogen) atoms. The fourth-order valence-corrected chi connectivity index (χ4v) is 2.40. The molecule has 5 heteroatoms. The van der Waals surface area contributed by atoms with E-state index in [0.29, 0.717) is 5.69 Å². The minimum Gasteiger partial charge on any atom is -0.399 e. The molecule has 0 unspecified atom stereocenters. The van der Waals surface area contributed by atoms with Gasteiger partial charge in [-0.15, -0.1) is 0 Å². The Kier molecular flexibility index (Phi) is 7.36. The Bertz CT molecular complexity index is 381. The van der Waals surface area contributed by atoms with E-state index in [1.165, 1.54) is 0 Å². The molecular weight excluding hydrogens is 258 g/mol. The molecule has 106 valence electrons. The summed E-state index contributed by atoms with van der Waals surface area (Å²) in [4.78, 5) is 12.2. The first-order valence-electron chi connectivity index (χ1n) is 6.64. The summed E-state index contributed by atoms with van der Waals surface area (Å²) in [5.41, 5.74) is 7.10. The highest BCUT2D eigenvalue weighted by atomic mass is 32.2. The summed E-state index contributed by atoms with van der Waals surface area (Å²) >= 11 is 1.85. The maximum atomic E-state index is 12.2. The molecular formula is C14H23N3OS. The van der Waals surface area contributed by atoms with Gasteiger partial charge in [-0.25, -0.2) is 0 Å². The number of nitrogens with one attached hydrogen (secondary N) is 2. The van der Waals surface area contributed by atoms with Crippen molar-refractivity contribution in [2.75, 3.05) is 29.1 Å². The lowest BCUT2D eigenvalue weighted by Gasteiger charge is -2.17. The van der Waals surface area contributed by atoms with Crippen LogP contribution in [0.15, 0.2) is 24.3 Å². The SMILES string of the molecule is CCN[C@@H](CCSCC)C(=O)Nc1ccc(N)cc1. The average Bonchev–Trinajstić information content (AvgIpc) is 2.40. The van der Waals surface area contributed by atoms with Crippen LogP contribution in [-0.2, 0) is 4.79 Å². The molecule has 1 amide bonds. The van der Waals surface area contributed by atoms with Gasteiger partial charge in [-0.2, -0.15) is 11.8 Å². The number of hydrogen-bond donors (Lipinski definition) is 3. The van der Waals surface area contributed by atoms with Crippen molar-refractivity contribution < 1.29 is 4.79 Å². The molecule has 0 radical (unpaired) electrons. The van der Waals surface area contributed by atoms with E-state index < -0.39 is 0 Å². The second-order valence-electron chi connectivity index (χ2n) is 4.21. The van der Waals surface area contributed by atoms with Crippen molar-refractivity contribution in [3.05, 3.63) is 24.3 Å². The monoisotopic (exact) mass is 281 g/mol. The highest BCUT2D eigenvalue weighted by Crippen LogP contribution is 2.12. The first kappa shape index (κ1) is 15.9. The molecule has 1 aromatic rings. The van der Waals surface area contributed by atoms with Gasteiger partial charge in [-0.3, -0.25) is 4.79 Å². The molecule has 0 heterocycles. The molecule has 0 aliphatic carbocycles. The van der Waals surface area contributed by atoms with Crippen molar-refractivity contribution in [2.24, 2.45) is 0 Å². The number of likely N-dealkylation sites (N-methyl/N-ethyl adjacent to an activating group) is 1. The number of amides is 1. The maximum absolute atomic E-state index is 12.2. The van der Waals surface area contributed by atoms with Gasteiger partial charge in [-0.1, -0.05) is 13.8 Å². The van der Waals surface area contributed by atoms with Crippen molar-refractivity contribution >= 4 is 29.0 Å². The minimum absolute atomic E-state index is 0.0170. The molecule has 1 aromatic carbocycles. The van der Waals surface area contributed by atoms with E-state index in [1.807, 2.05) is 30.8 Å². The standard InChI is InChI=1S/C14H23N3OS/c1-3-16-13(9-10-19-4-2)14(18)17-12-7-5-11(15)6-8-12/h5-8,13,16H,3-4,9-10,15H2,1-2H3,(H,17,18)/t13-/m0/s1. The number of carbonyl (C=O) groups excluding carboxylic acids is 1. The zero-order valence-electron chi connectivity index (χ0n) is 11.6. The van der Waals surface area contributed by atoms with Gasteiger partial charge in [0.25, 0.3) is 0 Å². The van der Waals surface area contributed by atoms with Gasteiger partial charge in [0.2, 0.25) is 5.91 Å². The molecule has 0 fully saturated rings. The van der Waals surface area contributed by atoms with Gasteiger partial charge in [-0.05, 0) is 48.7 Å². The normalized spacial score (nSPS) is 12.1. The van der Waals surface area contributed by atoms with Crippen LogP contribution in [0.1, 0.15) is 20.3 Å². The maximum Gasteiger partial charge on any atom is 0.241 e. The van der Waals surface area contributed by atoms with E-state index in [0.717, 1.165) is 30.2 Å². The van der Waals surface area contributed by atoms with E-state index >= 15 is 0 Å². The second-order valence-corrected chi connectivity index (χ2v) is 5.60. The highest BCUT2D eigenvalue weighted by Gasteiger charge is 2.16. The van der Waals surface area contributed by atoms with Crippen LogP contribution in [0.3, 0.4) is 0 Å². The molecule has 4 N–H and O–H groups in total. The topological polar surface area (TPSA) is 67.2 Å². The zero-order chi connectivity index (χ0) is 14.1. The Morgan fingerprint density at radius 2 is 2.00 bits per heavy atom. The second kappa shape index (κ2) is 8.82. The molecule has 0 saturated heterocycles. The molecule has 0 spiro atoms. The van der Waals surface area contributed by atoms with Gasteiger partial charge in [0.15, 0.2) is 0 Å². The third-order valence-electron chi connectivity index (χ3n) is 2.70. The first-order valence-corrected chi connectivity index (χ1v) is 7.80. The Morgan fingerprint density at radius 1 is 1.32 bits per heavy atom. The smallest absolute Gasteiger partial charge is 0.241 e. The van der Waals surface area contributed by atoms with Gasteiger partial charge in [0.1, 0.15) is 0 Å². The van der Waals surface area contributed by atoms with Crippen LogP contribution >= 0.6 is 11.8 Å². The van der Waals surface area contributed by atoms with Crippen molar-refractivity contribution in [3.63, 3.8) is 0 Å². The number of nitrogens with two attached hydrogens (primary N) is 1. The van der Waals surface area contributed by atoms with Crippen molar-refractivity contribution in [2.45, 2.75) is 26.3 Å². The Balaban J connectivity index is 2.53. The fourth-order valence-electron chi connectivity index (χ4n) is 1.71. The third-order valence-corrected chi connectivity index (χ3v) is 3.63. The number of carbonyl (C=O) groups is 1. The lowest BCUT2D eigenvalue weighted by molar-refractivity contribution is -0.118. The lowest BCUT2D eigenvalue weighted by atomic mass is 10.2. The molecule has 0 aliphatic rings. The minimum atomic E-state index is -0.137. The number of anilines is 2. The average molecular weight is 281 g/mol. The van der Waals surface area contributed by atoms with Crippen LogP contribution in [0, 0.1) is 0 Å². The fraction of sp³-hybridized carbons (Fsp3) is 0.500. The van der Waals surface area contributed by atoms with Crippen LogP contribution in [-0.4, -0.2) is 30.0 Å². The van der Waals surface area contributed by atoms with Gasteiger partial charge >= 0.3 is 0 Å². The quantitative estimate of drug-likeness (QED) is 0.505. The van der Waals surface area contributed by atoms with Crippen molar-refractivity contribution in [1.29, 1.82) is 0 Å². The van der Waals surface area contributed by atoms with E-state index in [9.17, 15) is 4.79 Å². The molecule has 0 aromatic heterocycles. The third kappa shape index (κ3) is 5.98. The van der Waals surface area contributed by atoms with E-state index in [-0.39, 0.29) is 11.9 Å². The van der Waals surface area contributed by atoms with E-state index in [1.54, 1.807) is 12.1 Å². The predicted molar refractivity (Wildman–Crippen MR) is 84.6 cm³/mol. The Hall–Kier alpha value is -1.20. The summed E-state index contributed by atoms with van der Waals surface area (Å²) in [6.07, 6.45) is 0.840. The number of benzene rings is 1. The van der Waals surface area contributed by atoms with Gasteiger partial charge in [0, 0.05) is 11.4 Å². The molecule has 0 saturated carbocycles. The first-order chi connectivity index (χ1) is 9.17. The van der Waals surface area contributed by atoms with Crippen LogP contribution in [0.4, 0.5) is 11.4 Å². The summed E-state index contributed by atoms with van der Waals surface area (Å²) < 4.78 is 0. The van der Waals surface area contributed by atoms with Gasteiger partial charge < -0.3 is 16.4 Å². The highest BCUT2D eigenvalue weighted by molar-refractivity contribution is 7.99. The zero-order valence-corrected chi connectivity index (χ0v) is 12.4. The van der Waals surface area contributed by atoms with Crippen LogP contribution < -0.4 is 16.4 Å². The Morgan fingerprint density at radius 3 is 2.58 bits per heavy atom. The van der Waals surface area contributed by atoms with Crippen LogP contribution in [0.2, 0.25) is 0 Å². The Labute approximate surface area is 119 Å². The summed E-state index contributed by atoms with van der Waals surface area (Å²) in [6, 6.07) is 7.06. The predicted octanol–water partition coefficient (Wildman–Crippen LogP) is 2.33. The lowest BCUT2D eigenvalue weighted by Crippen LogP contribution is -2.40. The number of thioether (sulfide) groups is 1. The molecule has 0 bridgehead atoms. The van der Waals surface area contributed by atoms with Crippen LogP contribution in [0.5, 0.6) is 0 Å². The summed E-state index contributed by atoms with van der Waals surface area (Å²) in [5, 5.41) is 6.14. The molecule has 0 aliphatic heterocycles. The largest absolute Gasteiger partial charge is 0.399 e. The van der Waals surface area contributed by atoms with Crippen LogP contribution in [0.25, 0.3) is 0 Å². The molecule has 1 rings (SSSR count). The number of nitrogen functional groups attached to an aromatic ring is 1. The van der Waals surface area contributed by atoms with Crippen molar-refractivity contribution in [1.82, 2.24) is 5.32 Å². The number of rotatable bonds is 8. The molecule has 1 atom stereocenters. The van der Waals surface area contributed by atoms with Gasteiger partial charge in [0.05, 0.1) is 6.04 Å².